The first kappa shape index (κ1) is 13.0. The van der Waals surface area contributed by atoms with Crippen molar-refractivity contribution in [1.29, 1.82) is 0 Å². The quantitative estimate of drug-likeness (QED) is 0.694. The molecule has 0 unspecified atom stereocenters. The van der Waals surface area contributed by atoms with Crippen molar-refractivity contribution in [1.82, 2.24) is 15.3 Å². The minimum absolute atomic E-state index is 0.239. The number of carbonyl (C=O) groups excluding carboxylic acids is 1. The molecule has 1 amide bonds. The van der Waals surface area contributed by atoms with Gasteiger partial charge in [0.2, 0.25) is 5.91 Å². The average molecular weight is 239 g/mol. The first-order valence-electron chi connectivity index (χ1n) is 4.91. The van der Waals surface area contributed by atoms with Crippen LogP contribution in [-0.4, -0.2) is 40.2 Å². The second kappa shape index (κ2) is 6.54. The maximum Gasteiger partial charge on any atom is 0.329 e. The second-order valence-electron chi connectivity index (χ2n) is 3.31. The number of nitrogens with zero attached hydrogens (tertiary/aromatic N) is 2. The Labute approximate surface area is 97.8 Å². The average Bonchev–Trinajstić information content (AvgIpc) is 2.28. The molecule has 0 atom stereocenters. The van der Waals surface area contributed by atoms with E-state index in [0.717, 1.165) is 5.69 Å². The Balaban J connectivity index is 2.23. The zero-order valence-corrected chi connectivity index (χ0v) is 9.34. The van der Waals surface area contributed by atoms with E-state index in [1.165, 1.54) is 0 Å². The lowest BCUT2D eigenvalue weighted by Crippen LogP contribution is -2.28. The highest BCUT2D eigenvalue weighted by atomic mass is 16.5. The van der Waals surface area contributed by atoms with E-state index in [0.29, 0.717) is 5.69 Å². The van der Waals surface area contributed by atoms with Crippen molar-refractivity contribution in [3.8, 4) is 0 Å². The molecule has 0 saturated heterocycles. The normalized spacial score (nSPS) is 9.94. The lowest BCUT2D eigenvalue weighted by atomic mass is 10.4. The Morgan fingerprint density at radius 3 is 2.71 bits per heavy atom. The van der Waals surface area contributed by atoms with Gasteiger partial charge in [0.25, 0.3) is 0 Å². The summed E-state index contributed by atoms with van der Waals surface area (Å²) in [4.78, 5) is 29.4. The van der Waals surface area contributed by atoms with Gasteiger partial charge < -0.3 is 15.2 Å². The van der Waals surface area contributed by atoms with Crippen LogP contribution in [0.4, 0.5) is 0 Å². The highest BCUT2D eigenvalue weighted by Crippen LogP contribution is 1.93. The van der Waals surface area contributed by atoms with Crippen molar-refractivity contribution < 1.29 is 19.4 Å². The van der Waals surface area contributed by atoms with Crippen LogP contribution in [0.2, 0.25) is 0 Å². The summed E-state index contributed by atoms with van der Waals surface area (Å²) in [5.41, 5.74) is 1.42. The van der Waals surface area contributed by atoms with E-state index in [-0.39, 0.29) is 13.2 Å². The molecule has 7 nitrogen and oxygen atoms in total. The molecule has 0 bridgehead atoms. The highest BCUT2D eigenvalue weighted by Gasteiger charge is 2.04. The fourth-order valence-electron chi connectivity index (χ4n) is 0.982. The number of amides is 1. The van der Waals surface area contributed by atoms with Crippen LogP contribution in [-0.2, 0) is 20.9 Å². The fourth-order valence-corrected chi connectivity index (χ4v) is 0.982. The largest absolute Gasteiger partial charge is 0.480 e. The summed E-state index contributed by atoms with van der Waals surface area (Å²) in [6.45, 7) is 1.28. The molecule has 17 heavy (non-hydrogen) atoms. The minimum atomic E-state index is -1.11. The molecule has 0 aliphatic carbocycles. The Bertz CT molecular complexity index is 391. The number of aryl methyl sites for hydroxylation is 1. The zero-order valence-electron chi connectivity index (χ0n) is 9.34. The van der Waals surface area contributed by atoms with Crippen LogP contribution >= 0.6 is 0 Å². The van der Waals surface area contributed by atoms with E-state index >= 15 is 0 Å². The number of carbonyl (C=O) groups is 2. The number of carboxylic acid groups (broad SMARTS) is 1. The van der Waals surface area contributed by atoms with Crippen LogP contribution in [0, 0.1) is 6.92 Å². The second-order valence-corrected chi connectivity index (χ2v) is 3.31. The maximum atomic E-state index is 11.2. The van der Waals surface area contributed by atoms with Gasteiger partial charge in [-0.2, -0.15) is 0 Å². The lowest BCUT2D eigenvalue weighted by molar-refractivity contribution is -0.143. The maximum absolute atomic E-state index is 11.2. The summed E-state index contributed by atoms with van der Waals surface area (Å²) < 4.78 is 4.62. The molecule has 0 fully saturated rings. The molecule has 0 aliphatic heterocycles. The fraction of sp³-hybridized carbons (Fsp3) is 0.400. The number of hydrogen-bond donors (Lipinski definition) is 2. The van der Waals surface area contributed by atoms with Crippen LogP contribution < -0.4 is 5.32 Å². The Kier molecular flexibility index (Phi) is 5.02. The third-order valence-electron chi connectivity index (χ3n) is 1.76. The summed E-state index contributed by atoms with van der Waals surface area (Å²) in [5.74, 6) is -1.50. The van der Waals surface area contributed by atoms with Gasteiger partial charge in [-0.1, -0.05) is 0 Å². The SMILES string of the molecule is Cc1cnc(CNC(=O)COCC(=O)O)cn1. The third kappa shape index (κ3) is 5.57. The van der Waals surface area contributed by atoms with E-state index in [1.807, 2.05) is 6.92 Å². The number of hydrogen-bond acceptors (Lipinski definition) is 5. The van der Waals surface area contributed by atoms with E-state index in [2.05, 4.69) is 20.0 Å². The molecule has 1 aromatic heterocycles. The van der Waals surface area contributed by atoms with Gasteiger partial charge in [0, 0.05) is 6.20 Å². The number of rotatable bonds is 6. The third-order valence-corrected chi connectivity index (χ3v) is 1.76. The van der Waals surface area contributed by atoms with Crippen molar-refractivity contribution >= 4 is 11.9 Å². The summed E-state index contributed by atoms with van der Waals surface area (Å²) in [6, 6.07) is 0. The van der Waals surface area contributed by atoms with Crippen molar-refractivity contribution in [3.05, 3.63) is 23.8 Å². The molecule has 0 aliphatic rings. The minimum Gasteiger partial charge on any atom is -0.480 e. The predicted molar refractivity (Wildman–Crippen MR) is 57.1 cm³/mol. The van der Waals surface area contributed by atoms with Gasteiger partial charge in [0.15, 0.2) is 0 Å². The number of aliphatic carboxylic acids is 1. The van der Waals surface area contributed by atoms with Crippen LogP contribution in [0.5, 0.6) is 0 Å². The number of ether oxygens (including phenoxy) is 1. The van der Waals surface area contributed by atoms with Crippen molar-refractivity contribution in [2.75, 3.05) is 13.2 Å². The van der Waals surface area contributed by atoms with Crippen LogP contribution in [0.1, 0.15) is 11.4 Å². The van der Waals surface area contributed by atoms with Gasteiger partial charge in [-0.25, -0.2) is 4.79 Å². The van der Waals surface area contributed by atoms with Gasteiger partial charge in [-0.05, 0) is 6.92 Å². The van der Waals surface area contributed by atoms with Crippen molar-refractivity contribution in [2.24, 2.45) is 0 Å². The monoisotopic (exact) mass is 239 g/mol. The topological polar surface area (TPSA) is 101 Å². The molecule has 7 heteroatoms. The van der Waals surface area contributed by atoms with E-state index in [9.17, 15) is 9.59 Å². The van der Waals surface area contributed by atoms with Gasteiger partial charge in [-0.3, -0.25) is 14.8 Å². The first-order valence-corrected chi connectivity index (χ1v) is 4.91. The van der Waals surface area contributed by atoms with Crippen LogP contribution in [0.3, 0.4) is 0 Å². The summed E-state index contributed by atoms with van der Waals surface area (Å²) in [5, 5.41) is 10.8. The lowest BCUT2D eigenvalue weighted by Gasteiger charge is -2.04. The standard InChI is InChI=1S/C10H13N3O4/c1-7-2-12-8(3-11-7)4-13-9(14)5-17-6-10(15)16/h2-3H,4-6H2,1H3,(H,13,14)(H,15,16). The number of aromatic nitrogens is 2. The summed E-state index contributed by atoms with van der Waals surface area (Å²) in [6.07, 6.45) is 3.16. The molecule has 0 radical (unpaired) electrons. The molecule has 92 valence electrons. The van der Waals surface area contributed by atoms with Crippen LogP contribution in [0.15, 0.2) is 12.4 Å². The molecule has 0 spiro atoms. The van der Waals surface area contributed by atoms with Crippen molar-refractivity contribution in [3.63, 3.8) is 0 Å². The van der Waals surface area contributed by atoms with Gasteiger partial charge >= 0.3 is 5.97 Å². The molecule has 1 heterocycles. The molecular formula is C10H13N3O4. The Morgan fingerprint density at radius 1 is 1.35 bits per heavy atom. The van der Waals surface area contributed by atoms with Crippen LogP contribution in [0.25, 0.3) is 0 Å². The summed E-state index contributed by atoms with van der Waals surface area (Å²) >= 11 is 0. The molecular weight excluding hydrogens is 226 g/mol. The van der Waals surface area contributed by atoms with E-state index in [4.69, 9.17) is 5.11 Å². The van der Waals surface area contributed by atoms with Gasteiger partial charge in [-0.15, -0.1) is 0 Å². The molecule has 2 N–H and O–H groups in total. The van der Waals surface area contributed by atoms with Gasteiger partial charge in [0.1, 0.15) is 13.2 Å². The Hall–Kier alpha value is -2.02. The zero-order chi connectivity index (χ0) is 12.7. The first-order chi connectivity index (χ1) is 8.08. The number of carboxylic acids is 1. The molecule has 1 rings (SSSR count). The van der Waals surface area contributed by atoms with E-state index in [1.54, 1.807) is 12.4 Å². The number of nitrogens with one attached hydrogen (secondary N) is 1. The van der Waals surface area contributed by atoms with Gasteiger partial charge in [0.05, 0.1) is 24.1 Å². The molecule has 0 saturated carbocycles. The summed E-state index contributed by atoms with van der Waals surface area (Å²) in [7, 11) is 0. The smallest absolute Gasteiger partial charge is 0.329 e. The van der Waals surface area contributed by atoms with E-state index < -0.39 is 18.5 Å². The van der Waals surface area contributed by atoms with Crippen molar-refractivity contribution in [2.45, 2.75) is 13.5 Å². The Morgan fingerprint density at radius 2 is 2.12 bits per heavy atom. The predicted octanol–water partition coefficient (Wildman–Crippen LogP) is -0.498. The molecule has 0 aromatic carbocycles. The highest BCUT2D eigenvalue weighted by molar-refractivity contribution is 5.77. The molecule has 1 aromatic rings.